The Morgan fingerprint density at radius 1 is 1.00 bits per heavy atom. The number of anilines is 1. The maximum atomic E-state index is 13.1. The van der Waals surface area contributed by atoms with Gasteiger partial charge in [0.1, 0.15) is 5.82 Å². The second kappa shape index (κ2) is 9.91. The zero-order chi connectivity index (χ0) is 24.4. The van der Waals surface area contributed by atoms with Crippen LogP contribution in [-0.4, -0.2) is 35.1 Å². The van der Waals surface area contributed by atoms with Gasteiger partial charge in [-0.3, -0.25) is 4.79 Å². The van der Waals surface area contributed by atoms with Gasteiger partial charge in [-0.05, 0) is 62.4 Å². The number of nitrogens with zero attached hydrogens (tertiary/aromatic N) is 3. The number of amides is 1. The van der Waals surface area contributed by atoms with Crippen molar-refractivity contribution in [2.45, 2.75) is 75.8 Å². The summed E-state index contributed by atoms with van der Waals surface area (Å²) in [5.41, 5.74) is 2.75. The average molecular weight is 494 g/mol. The third-order valence-electron chi connectivity index (χ3n) is 6.94. The van der Waals surface area contributed by atoms with Gasteiger partial charge in [0.25, 0.3) is 5.91 Å². The molecule has 2 aliphatic rings. The smallest absolute Gasteiger partial charge is 0.255 e. The van der Waals surface area contributed by atoms with Crippen LogP contribution in [0.1, 0.15) is 66.7 Å². The molecule has 0 spiro atoms. The molecule has 8 nitrogen and oxygen atoms in total. The summed E-state index contributed by atoms with van der Waals surface area (Å²) in [6.45, 7) is 2.82. The Labute approximate surface area is 206 Å². The molecule has 0 unspecified atom stereocenters. The normalized spacial score (nSPS) is 16.6. The lowest BCUT2D eigenvalue weighted by molar-refractivity contribution is 0.102. The first-order valence-corrected chi connectivity index (χ1v) is 13.9. The lowest BCUT2D eigenvalue weighted by Crippen LogP contribution is -2.32. The first-order valence-electron chi connectivity index (χ1n) is 12.4. The molecule has 184 valence electrons. The number of hydrogen-bond donors (Lipinski definition) is 2. The van der Waals surface area contributed by atoms with Crippen LogP contribution in [0.15, 0.2) is 47.4 Å². The van der Waals surface area contributed by atoms with Gasteiger partial charge in [0.05, 0.1) is 4.90 Å². The van der Waals surface area contributed by atoms with Crippen LogP contribution < -0.4 is 10.0 Å². The van der Waals surface area contributed by atoms with Crippen molar-refractivity contribution in [3.8, 4) is 11.4 Å². The Balaban J connectivity index is 1.37. The maximum absolute atomic E-state index is 13.1. The summed E-state index contributed by atoms with van der Waals surface area (Å²) in [4.78, 5) is 13.2. The molecule has 9 heteroatoms. The fraction of sp³-hybridized carbons (Fsp3) is 0.423. The van der Waals surface area contributed by atoms with Crippen molar-refractivity contribution in [1.82, 2.24) is 19.5 Å². The first kappa shape index (κ1) is 23.7. The summed E-state index contributed by atoms with van der Waals surface area (Å²) in [7, 11) is -3.68. The minimum atomic E-state index is -3.68. The molecule has 5 rings (SSSR count). The number of aromatic nitrogens is 3. The molecule has 35 heavy (non-hydrogen) atoms. The zero-order valence-electron chi connectivity index (χ0n) is 20.0. The van der Waals surface area contributed by atoms with Crippen LogP contribution in [0, 0.1) is 6.92 Å². The molecule has 2 aromatic carbocycles. The van der Waals surface area contributed by atoms with E-state index in [0.717, 1.165) is 74.3 Å². The van der Waals surface area contributed by atoms with E-state index in [1.807, 2.05) is 25.1 Å². The van der Waals surface area contributed by atoms with E-state index < -0.39 is 10.0 Å². The molecule has 1 aliphatic carbocycles. The average Bonchev–Trinajstić information content (AvgIpc) is 3.44. The van der Waals surface area contributed by atoms with Crippen LogP contribution in [0.2, 0.25) is 0 Å². The minimum Gasteiger partial charge on any atom is -0.322 e. The van der Waals surface area contributed by atoms with Crippen LogP contribution in [-0.2, 0) is 23.0 Å². The van der Waals surface area contributed by atoms with Crippen molar-refractivity contribution >= 4 is 21.6 Å². The third kappa shape index (κ3) is 5.16. The fourth-order valence-corrected chi connectivity index (χ4v) is 6.27. The van der Waals surface area contributed by atoms with Crippen LogP contribution >= 0.6 is 0 Å². The Hall–Kier alpha value is -3.04. The topological polar surface area (TPSA) is 106 Å². The van der Waals surface area contributed by atoms with Gasteiger partial charge in [0, 0.05) is 35.8 Å². The maximum Gasteiger partial charge on any atom is 0.255 e. The van der Waals surface area contributed by atoms with Gasteiger partial charge < -0.3 is 9.88 Å². The lowest BCUT2D eigenvalue weighted by Gasteiger charge is -2.14. The van der Waals surface area contributed by atoms with E-state index in [4.69, 9.17) is 0 Å². The summed E-state index contributed by atoms with van der Waals surface area (Å²) in [6.07, 6.45) is 8.10. The fourth-order valence-electron chi connectivity index (χ4n) is 4.92. The number of hydrogen-bond acceptors (Lipinski definition) is 5. The van der Waals surface area contributed by atoms with Crippen molar-refractivity contribution in [3.63, 3.8) is 0 Å². The van der Waals surface area contributed by atoms with Crippen molar-refractivity contribution in [1.29, 1.82) is 0 Å². The summed E-state index contributed by atoms with van der Waals surface area (Å²) in [5.74, 6) is 1.46. The summed E-state index contributed by atoms with van der Waals surface area (Å²) >= 11 is 0. The molecule has 1 amide bonds. The molecule has 1 aliphatic heterocycles. The minimum absolute atomic E-state index is 0.0323. The van der Waals surface area contributed by atoms with E-state index in [0.29, 0.717) is 11.3 Å². The predicted molar refractivity (Wildman–Crippen MR) is 135 cm³/mol. The van der Waals surface area contributed by atoms with Crippen LogP contribution in [0.4, 0.5) is 5.69 Å². The van der Waals surface area contributed by atoms with Gasteiger partial charge in [-0.15, -0.1) is 10.2 Å². The van der Waals surface area contributed by atoms with Gasteiger partial charge >= 0.3 is 0 Å². The molecule has 1 saturated carbocycles. The van der Waals surface area contributed by atoms with E-state index in [1.165, 1.54) is 18.6 Å². The molecule has 0 saturated heterocycles. The Kier molecular flexibility index (Phi) is 6.71. The van der Waals surface area contributed by atoms with Gasteiger partial charge in [0.15, 0.2) is 5.82 Å². The second-order valence-corrected chi connectivity index (χ2v) is 11.2. The molecule has 3 aromatic rings. The highest BCUT2D eigenvalue weighted by molar-refractivity contribution is 7.89. The number of sulfonamides is 1. The van der Waals surface area contributed by atoms with Crippen molar-refractivity contribution in [3.05, 3.63) is 59.4 Å². The van der Waals surface area contributed by atoms with Crippen molar-refractivity contribution < 1.29 is 13.2 Å². The zero-order valence-corrected chi connectivity index (χ0v) is 20.8. The molecule has 0 atom stereocenters. The number of carbonyl (C=O) groups excluding carboxylic acids is 1. The molecule has 1 fully saturated rings. The molecule has 1 aromatic heterocycles. The SMILES string of the molecule is Cc1ccc(-c2nnc3n2CCCCC3)cc1NC(=O)c1cccc(S(=O)(=O)NC2CCCC2)c1. The molecular formula is C26H31N5O3S. The standard InChI is InChI=1S/C26H31N5O3S/c1-18-13-14-19(25-29-28-24-12-3-2-6-15-31(24)25)17-23(18)27-26(32)20-8-7-11-22(16-20)35(33,34)30-21-9-4-5-10-21/h7-8,11,13-14,16-17,21,30H,2-6,9-10,12,15H2,1H3,(H,27,32). The second-order valence-electron chi connectivity index (χ2n) is 9.52. The number of rotatable bonds is 6. The summed E-state index contributed by atoms with van der Waals surface area (Å²) < 4.78 is 30.6. The van der Waals surface area contributed by atoms with Gasteiger partial charge in [-0.2, -0.15) is 0 Å². The predicted octanol–water partition coefficient (Wildman–Crippen LogP) is 4.45. The largest absolute Gasteiger partial charge is 0.322 e. The number of aryl methyl sites for hydroxylation is 2. The van der Waals surface area contributed by atoms with E-state index in [9.17, 15) is 13.2 Å². The molecule has 2 N–H and O–H groups in total. The number of nitrogens with one attached hydrogen (secondary N) is 2. The summed E-state index contributed by atoms with van der Waals surface area (Å²) in [5, 5.41) is 11.8. The molecule has 2 heterocycles. The quantitative estimate of drug-likeness (QED) is 0.528. The lowest BCUT2D eigenvalue weighted by atomic mass is 10.1. The Bertz CT molecular complexity index is 1340. The van der Waals surface area contributed by atoms with Gasteiger partial charge in [-0.1, -0.05) is 37.5 Å². The van der Waals surface area contributed by atoms with Gasteiger partial charge in [0.2, 0.25) is 10.0 Å². The van der Waals surface area contributed by atoms with Crippen molar-refractivity contribution in [2.75, 3.05) is 5.32 Å². The van der Waals surface area contributed by atoms with Crippen molar-refractivity contribution in [2.24, 2.45) is 0 Å². The number of fused-ring (bicyclic) bond motifs is 1. The molecular weight excluding hydrogens is 462 g/mol. The summed E-state index contributed by atoms with van der Waals surface area (Å²) in [6, 6.07) is 12.0. The van der Waals surface area contributed by atoms with Crippen LogP contribution in [0.3, 0.4) is 0 Å². The highest BCUT2D eigenvalue weighted by atomic mass is 32.2. The van der Waals surface area contributed by atoms with E-state index in [1.54, 1.807) is 12.1 Å². The Morgan fingerprint density at radius 3 is 2.66 bits per heavy atom. The highest BCUT2D eigenvalue weighted by Crippen LogP contribution is 2.27. The van der Waals surface area contributed by atoms with E-state index in [-0.39, 0.29) is 16.8 Å². The monoisotopic (exact) mass is 493 g/mol. The van der Waals surface area contributed by atoms with E-state index >= 15 is 0 Å². The number of carbonyl (C=O) groups is 1. The number of benzene rings is 2. The Morgan fingerprint density at radius 2 is 1.83 bits per heavy atom. The van der Waals surface area contributed by atoms with Crippen LogP contribution in [0.5, 0.6) is 0 Å². The molecule has 0 bridgehead atoms. The highest BCUT2D eigenvalue weighted by Gasteiger charge is 2.24. The first-order chi connectivity index (χ1) is 16.9. The van der Waals surface area contributed by atoms with E-state index in [2.05, 4.69) is 24.8 Å². The van der Waals surface area contributed by atoms with Gasteiger partial charge in [-0.25, -0.2) is 13.1 Å². The van der Waals surface area contributed by atoms with Crippen LogP contribution in [0.25, 0.3) is 11.4 Å². The molecule has 0 radical (unpaired) electrons. The third-order valence-corrected chi connectivity index (χ3v) is 8.46.